The number of aromatic nitrogens is 4. The molecule has 0 radical (unpaired) electrons. The van der Waals surface area contributed by atoms with Crippen LogP contribution in [0.1, 0.15) is 44.5 Å². The highest BCUT2D eigenvalue weighted by molar-refractivity contribution is 6.30. The summed E-state index contributed by atoms with van der Waals surface area (Å²) in [5.41, 5.74) is -0.147. The first kappa shape index (κ1) is 24.3. The van der Waals surface area contributed by atoms with Gasteiger partial charge in [0.25, 0.3) is 5.56 Å². The van der Waals surface area contributed by atoms with E-state index in [1.165, 1.54) is 17.4 Å². The molecule has 1 aliphatic carbocycles. The minimum Gasteiger partial charge on any atom is -0.396 e. The molecule has 8 nitrogen and oxygen atoms in total. The first-order valence-electron chi connectivity index (χ1n) is 11.4. The van der Waals surface area contributed by atoms with E-state index in [-0.39, 0.29) is 24.3 Å². The number of aryl methyl sites for hydroxylation is 1. The Morgan fingerprint density at radius 2 is 1.91 bits per heavy atom. The Labute approximate surface area is 202 Å². The molecule has 1 aromatic carbocycles. The van der Waals surface area contributed by atoms with Crippen molar-refractivity contribution < 1.29 is 9.84 Å². The van der Waals surface area contributed by atoms with E-state index in [1.807, 2.05) is 26.0 Å². The molecule has 0 aliphatic heterocycles. The molecule has 180 valence electrons. The molecule has 0 amide bonds. The third kappa shape index (κ3) is 5.27. The largest absolute Gasteiger partial charge is 0.396 e. The number of hydrogen-bond acceptors (Lipinski definition) is 5. The van der Waals surface area contributed by atoms with Gasteiger partial charge in [-0.15, -0.1) is 0 Å². The van der Waals surface area contributed by atoms with Gasteiger partial charge < -0.3 is 14.4 Å². The molecule has 0 bridgehead atoms. The van der Waals surface area contributed by atoms with Crippen LogP contribution in [-0.2, 0) is 24.9 Å². The number of fused-ring (bicyclic) bond motifs is 1. The van der Waals surface area contributed by atoms with Gasteiger partial charge in [0.2, 0.25) is 0 Å². The van der Waals surface area contributed by atoms with Crippen LogP contribution >= 0.6 is 11.6 Å². The number of ether oxygens (including phenoxy) is 1. The fourth-order valence-corrected chi connectivity index (χ4v) is 3.80. The average Bonchev–Trinajstić information content (AvgIpc) is 3.57. The predicted molar refractivity (Wildman–Crippen MR) is 131 cm³/mol. The van der Waals surface area contributed by atoms with Gasteiger partial charge >= 0.3 is 5.69 Å². The van der Waals surface area contributed by atoms with Crippen molar-refractivity contribution in [2.45, 2.75) is 51.8 Å². The molecule has 1 saturated carbocycles. The second kappa shape index (κ2) is 9.79. The molecule has 4 rings (SSSR count). The van der Waals surface area contributed by atoms with Gasteiger partial charge in [0.15, 0.2) is 17.0 Å². The van der Waals surface area contributed by atoms with Crippen molar-refractivity contribution in [2.75, 3.05) is 13.2 Å². The number of imidazole rings is 1. The van der Waals surface area contributed by atoms with E-state index < -0.39 is 16.9 Å². The lowest BCUT2D eigenvalue weighted by Crippen LogP contribution is -2.40. The lowest BCUT2D eigenvalue weighted by atomic mass is 10.1. The normalized spacial score (nSPS) is 13.8. The molecule has 0 spiro atoms. The van der Waals surface area contributed by atoms with Gasteiger partial charge in [-0.3, -0.25) is 13.9 Å². The van der Waals surface area contributed by atoms with Crippen LogP contribution in [0.5, 0.6) is 0 Å². The van der Waals surface area contributed by atoms with Crippen LogP contribution in [0.2, 0.25) is 5.02 Å². The van der Waals surface area contributed by atoms with Crippen molar-refractivity contribution in [3.8, 4) is 11.8 Å². The van der Waals surface area contributed by atoms with E-state index in [2.05, 4.69) is 16.8 Å². The van der Waals surface area contributed by atoms with Crippen LogP contribution in [0, 0.1) is 17.8 Å². The fraction of sp³-hybridized carbons (Fsp3) is 0.480. The van der Waals surface area contributed by atoms with Gasteiger partial charge in [0.05, 0.1) is 13.2 Å². The van der Waals surface area contributed by atoms with E-state index in [4.69, 9.17) is 16.3 Å². The lowest BCUT2D eigenvalue weighted by molar-refractivity contribution is 0.0203. The summed E-state index contributed by atoms with van der Waals surface area (Å²) in [4.78, 5) is 30.8. The molecular formula is C25H29ClN4O4. The first-order chi connectivity index (χ1) is 16.2. The van der Waals surface area contributed by atoms with Crippen LogP contribution in [0.4, 0.5) is 0 Å². The van der Waals surface area contributed by atoms with Crippen molar-refractivity contribution in [2.24, 2.45) is 13.0 Å². The average molecular weight is 485 g/mol. The predicted octanol–water partition coefficient (Wildman–Crippen LogP) is 2.54. The summed E-state index contributed by atoms with van der Waals surface area (Å²) in [6.45, 7) is 4.82. The van der Waals surface area contributed by atoms with E-state index in [1.54, 1.807) is 23.7 Å². The van der Waals surface area contributed by atoms with E-state index in [9.17, 15) is 14.7 Å². The molecule has 0 unspecified atom stereocenters. The highest BCUT2D eigenvalue weighted by Crippen LogP contribution is 2.30. The smallest absolute Gasteiger partial charge is 0.332 e. The summed E-state index contributed by atoms with van der Waals surface area (Å²) in [6, 6.07) is 7.32. The van der Waals surface area contributed by atoms with Crippen LogP contribution in [0.3, 0.4) is 0 Å². The zero-order valence-corrected chi connectivity index (χ0v) is 20.4. The van der Waals surface area contributed by atoms with Crippen molar-refractivity contribution in [3.05, 3.63) is 61.5 Å². The zero-order chi connectivity index (χ0) is 24.5. The maximum Gasteiger partial charge on any atom is 0.332 e. The highest BCUT2D eigenvalue weighted by atomic mass is 35.5. The third-order valence-corrected chi connectivity index (χ3v) is 6.13. The van der Waals surface area contributed by atoms with Crippen LogP contribution < -0.4 is 11.2 Å². The van der Waals surface area contributed by atoms with E-state index in [0.29, 0.717) is 36.3 Å². The molecule has 0 atom stereocenters. The van der Waals surface area contributed by atoms with Gasteiger partial charge in [-0.2, -0.15) is 0 Å². The second-order valence-corrected chi connectivity index (χ2v) is 9.65. The Balaban J connectivity index is 1.85. The van der Waals surface area contributed by atoms with Gasteiger partial charge in [0, 0.05) is 25.2 Å². The number of nitrogens with zero attached hydrogens (tertiary/aromatic N) is 4. The molecule has 1 aliphatic rings. The molecule has 2 aromatic heterocycles. The van der Waals surface area contributed by atoms with Crippen LogP contribution in [0.25, 0.3) is 11.2 Å². The maximum absolute atomic E-state index is 13.4. The quantitative estimate of drug-likeness (QED) is 0.496. The molecule has 34 heavy (non-hydrogen) atoms. The minimum absolute atomic E-state index is 0.118. The Kier molecular flexibility index (Phi) is 6.99. The molecule has 1 fully saturated rings. The maximum atomic E-state index is 13.4. The molecule has 2 heterocycles. The summed E-state index contributed by atoms with van der Waals surface area (Å²) in [7, 11) is 1.58. The van der Waals surface area contributed by atoms with Crippen molar-refractivity contribution in [1.82, 2.24) is 18.7 Å². The Morgan fingerprint density at radius 1 is 1.21 bits per heavy atom. The molecular weight excluding hydrogens is 456 g/mol. The molecule has 1 N–H and O–H groups in total. The van der Waals surface area contributed by atoms with Gasteiger partial charge in [0.1, 0.15) is 5.60 Å². The molecule has 9 heteroatoms. The third-order valence-electron chi connectivity index (χ3n) is 5.88. The SMILES string of the molecule is Cn1c(=O)n(CCCO)c(=O)c2c1nc(C#CC(C)(C)OCC1CC1)n2Cc1ccc(Cl)cc1. The highest BCUT2D eigenvalue weighted by Gasteiger charge is 2.26. The summed E-state index contributed by atoms with van der Waals surface area (Å²) in [5.74, 6) is 7.24. The van der Waals surface area contributed by atoms with E-state index in [0.717, 1.165) is 10.1 Å². The standard InChI is InChI=1S/C25H29ClN4O4/c1-25(2,34-16-18-5-6-18)12-11-20-27-22-21(30(20)15-17-7-9-19(26)10-8-17)23(32)29(13-4-14-31)24(33)28(22)3/h7-10,18,31H,4-6,13-16H2,1-3H3. The zero-order valence-electron chi connectivity index (χ0n) is 19.7. The number of halogens is 1. The number of aliphatic hydroxyl groups excluding tert-OH is 1. The summed E-state index contributed by atoms with van der Waals surface area (Å²) in [5, 5.41) is 9.83. The van der Waals surface area contributed by atoms with Crippen molar-refractivity contribution >= 4 is 22.8 Å². The van der Waals surface area contributed by atoms with Crippen LogP contribution in [0.15, 0.2) is 33.9 Å². The molecule has 0 saturated heterocycles. The van der Waals surface area contributed by atoms with Gasteiger partial charge in [-0.1, -0.05) is 29.7 Å². The first-order valence-corrected chi connectivity index (χ1v) is 11.8. The number of benzene rings is 1. The van der Waals surface area contributed by atoms with Gasteiger partial charge in [-0.25, -0.2) is 9.78 Å². The molecule has 3 aromatic rings. The summed E-state index contributed by atoms with van der Waals surface area (Å²) >= 11 is 6.04. The Morgan fingerprint density at radius 3 is 2.56 bits per heavy atom. The number of hydrogen-bond donors (Lipinski definition) is 1. The van der Waals surface area contributed by atoms with Crippen LogP contribution in [-0.4, -0.2) is 42.6 Å². The Hall–Kier alpha value is -2.86. The minimum atomic E-state index is -0.682. The lowest BCUT2D eigenvalue weighted by Gasteiger charge is -2.18. The Bertz CT molecular complexity index is 1370. The summed E-state index contributed by atoms with van der Waals surface area (Å²) < 4.78 is 10.2. The number of rotatable bonds is 8. The topological polar surface area (TPSA) is 91.3 Å². The van der Waals surface area contributed by atoms with E-state index >= 15 is 0 Å². The monoisotopic (exact) mass is 484 g/mol. The second-order valence-electron chi connectivity index (χ2n) is 9.21. The summed E-state index contributed by atoms with van der Waals surface area (Å²) in [6.07, 6.45) is 2.68. The number of aliphatic hydroxyl groups is 1. The van der Waals surface area contributed by atoms with Crippen molar-refractivity contribution in [1.29, 1.82) is 0 Å². The van der Waals surface area contributed by atoms with Gasteiger partial charge in [-0.05, 0) is 62.6 Å². The fourth-order valence-electron chi connectivity index (χ4n) is 3.67. The van der Waals surface area contributed by atoms with Crippen molar-refractivity contribution in [3.63, 3.8) is 0 Å².